The monoisotopic (exact) mass is 317 g/mol. The fraction of sp³-hybridized carbons (Fsp3) is 0.375. The number of carbonyl (C=O) groups excluding carboxylic acids is 1. The van der Waals surface area contributed by atoms with Crippen molar-refractivity contribution in [3.8, 4) is 0 Å². The van der Waals surface area contributed by atoms with E-state index in [1.54, 1.807) is 0 Å². The Labute approximate surface area is 133 Å². The maximum absolute atomic E-state index is 12.2. The normalized spacial score (nSPS) is 15.2. The molecular formula is C16H19N3O2S. The number of hydrogen-bond acceptors (Lipinski definition) is 4. The van der Waals surface area contributed by atoms with Crippen molar-refractivity contribution in [1.29, 1.82) is 0 Å². The van der Waals surface area contributed by atoms with Crippen LogP contribution in [0.2, 0.25) is 0 Å². The summed E-state index contributed by atoms with van der Waals surface area (Å²) < 4.78 is 7.37. The molecular weight excluding hydrogens is 298 g/mol. The molecule has 1 amide bonds. The zero-order valence-corrected chi connectivity index (χ0v) is 13.2. The predicted molar refractivity (Wildman–Crippen MR) is 88.1 cm³/mol. The number of morpholine rings is 1. The Bertz CT molecular complexity index is 677. The molecule has 0 N–H and O–H groups in total. The Kier molecular flexibility index (Phi) is 4.80. The van der Waals surface area contributed by atoms with Gasteiger partial charge < -0.3 is 14.2 Å². The van der Waals surface area contributed by atoms with Crippen LogP contribution in [0.4, 0.5) is 0 Å². The molecule has 1 aromatic carbocycles. The molecule has 1 aliphatic heterocycles. The van der Waals surface area contributed by atoms with Crippen molar-refractivity contribution in [3.63, 3.8) is 0 Å². The first-order chi connectivity index (χ1) is 10.8. The minimum atomic E-state index is 0.144. The lowest BCUT2D eigenvalue weighted by Gasteiger charge is -2.26. The molecule has 0 aliphatic carbocycles. The number of carbonyl (C=O) groups is 1. The van der Waals surface area contributed by atoms with E-state index in [1.165, 1.54) is 11.8 Å². The van der Waals surface area contributed by atoms with Crippen LogP contribution in [0.1, 0.15) is 0 Å². The Hall–Kier alpha value is -1.79. The lowest BCUT2D eigenvalue weighted by molar-refractivity contribution is -0.132. The Morgan fingerprint density at radius 2 is 2.14 bits per heavy atom. The van der Waals surface area contributed by atoms with Gasteiger partial charge in [0.05, 0.1) is 30.0 Å². The number of thioether (sulfide) groups is 1. The molecule has 5 nitrogen and oxygen atoms in total. The highest BCUT2D eigenvalue weighted by Crippen LogP contribution is 2.24. The number of fused-ring (bicyclic) bond motifs is 1. The average molecular weight is 317 g/mol. The molecule has 2 aromatic rings. The molecule has 3 rings (SSSR count). The van der Waals surface area contributed by atoms with Gasteiger partial charge in [-0.1, -0.05) is 30.0 Å². The van der Waals surface area contributed by atoms with Crippen LogP contribution in [0.15, 0.2) is 42.1 Å². The Morgan fingerprint density at radius 3 is 2.91 bits per heavy atom. The van der Waals surface area contributed by atoms with E-state index >= 15 is 0 Å². The first-order valence-electron chi connectivity index (χ1n) is 7.34. The largest absolute Gasteiger partial charge is 0.378 e. The summed E-state index contributed by atoms with van der Waals surface area (Å²) in [6, 6.07) is 8.00. The van der Waals surface area contributed by atoms with Crippen LogP contribution in [-0.2, 0) is 16.1 Å². The van der Waals surface area contributed by atoms with E-state index in [-0.39, 0.29) is 5.91 Å². The van der Waals surface area contributed by atoms with Gasteiger partial charge in [0.25, 0.3) is 0 Å². The molecule has 22 heavy (non-hydrogen) atoms. The van der Waals surface area contributed by atoms with E-state index in [2.05, 4.69) is 16.1 Å². The lowest BCUT2D eigenvalue weighted by Crippen LogP contribution is -2.41. The molecule has 1 fully saturated rings. The number of imidazole rings is 1. The van der Waals surface area contributed by atoms with Crippen molar-refractivity contribution in [2.75, 3.05) is 32.1 Å². The second kappa shape index (κ2) is 6.98. The number of rotatable bonds is 5. The number of ether oxygens (including phenoxy) is 1. The van der Waals surface area contributed by atoms with Crippen molar-refractivity contribution in [2.45, 2.75) is 11.7 Å². The number of nitrogens with zero attached hydrogens (tertiary/aromatic N) is 3. The number of allylic oxidation sites excluding steroid dienone is 1. The van der Waals surface area contributed by atoms with Crippen LogP contribution < -0.4 is 0 Å². The van der Waals surface area contributed by atoms with E-state index in [4.69, 9.17) is 4.74 Å². The summed E-state index contributed by atoms with van der Waals surface area (Å²) in [6.45, 7) is 7.12. The molecule has 0 spiro atoms. The lowest BCUT2D eigenvalue weighted by atomic mass is 10.3. The molecule has 0 unspecified atom stereocenters. The topological polar surface area (TPSA) is 47.4 Å². The van der Waals surface area contributed by atoms with Gasteiger partial charge in [-0.3, -0.25) is 4.79 Å². The molecule has 1 aliphatic rings. The van der Waals surface area contributed by atoms with Gasteiger partial charge in [-0.15, -0.1) is 6.58 Å². The van der Waals surface area contributed by atoms with E-state index in [0.29, 0.717) is 38.6 Å². The van der Waals surface area contributed by atoms with Gasteiger partial charge in [-0.05, 0) is 12.1 Å². The van der Waals surface area contributed by atoms with Crippen LogP contribution in [0.3, 0.4) is 0 Å². The highest BCUT2D eigenvalue weighted by Gasteiger charge is 2.18. The molecule has 0 atom stereocenters. The third-order valence-corrected chi connectivity index (χ3v) is 4.58. The number of aromatic nitrogens is 2. The van der Waals surface area contributed by atoms with Gasteiger partial charge in [-0.2, -0.15) is 0 Å². The van der Waals surface area contributed by atoms with E-state index < -0.39 is 0 Å². The number of hydrogen-bond donors (Lipinski definition) is 0. The SMILES string of the molecule is C=CCn1c(SCC(=O)N2CCOCC2)nc2ccccc21. The van der Waals surface area contributed by atoms with E-state index in [1.807, 2.05) is 35.2 Å². The summed E-state index contributed by atoms with van der Waals surface area (Å²) in [5, 5.41) is 0.864. The fourth-order valence-corrected chi connectivity index (χ4v) is 3.43. The molecule has 0 saturated carbocycles. The molecule has 0 bridgehead atoms. The van der Waals surface area contributed by atoms with Crippen LogP contribution in [0, 0.1) is 0 Å². The van der Waals surface area contributed by atoms with Crippen molar-refractivity contribution in [1.82, 2.24) is 14.5 Å². The van der Waals surface area contributed by atoms with Crippen LogP contribution in [0.5, 0.6) is 0 Å². The van der Waals surface area contributed by atoms with Crippen molar-refractivity contribution >= 4 is 28.7 Å². The van der Waals surface area contributed by atoms with Gasteiger partial charge in [-0.25, -0.2) is 4.98 Å². The Morgan fingerprint density at radius 1 is 1.36 bits per heavy atom. The average Bonchev–Trinajstić information content (AvgIpc) is 2.92. The quantitative estimate of drug-likeness (QED) is 0.626. The zero-order chi connectivity index (χ0) is 15.4. The third kappa shape index (κ3) is 3.18. The second-order valence-corrected chi connectivity index (χ2v) is 6.01. The smallest absolute Gasteiger partial charge is 0.233 e. The minimum absolute atomic E-state index is 0.144. The van der Waals surface area contributed by atoms with Crippen LogP contribution in [0.25, 0.3) is 11.0 Å². The van der Waals surface area contributed by atoms with Crippen LogP contribution in [-0.4, -0.2) is 52.4 Å². The first-order valence-corrected chi connectivity index (χ1v) is 8.32. The first kappa shape index (κ1) is 15.1. The highest BCUT2D eigenvalue weighted by molar-refractivity contribution is 7.99. The third-order valence-electron chi connectivity index (χ3n) is 3.62. The number of para-hydroxylation sites is 2. The fourth-order valence-electron chi connectivity index (χ4n) is 2.50. The van der Waals surface area contributed by atoms with Crippen LogP contribution >= 0.6 is 11.8 Å². The molecule has 1 saturated heterocycles. The summed E-state index contributed by atoms with van der Waals surface area (Å²) in [6.07, 6.45) is 1.85. The maximum atomic E-state index is 12.2. The number of benzene rings is 1. The maximum Gasteiger partial charge on any atom is 0.233 e. The standard InChI is InChI=1S/C16H19N3O2S/c1-2-7-19-14-6-4-3-5-13(14)17-16(19)22-12-15(20)18-8-10-21-11-9-18/h2-6H,1,7-12H2. The molecule has 6 heteroatoms. The molecule has 0 radical (unpaired) electrons. The summed E-state index contributed by atoms with van der Waals surface area (Å²) in [5.41, 5.74) is 2.02. The van der Waals surface area contributed by atoms with Gasteiger partial charge >= 0.3 is 0 Å². The minimum Gasteiger partial charge on any atom is -0.378 e. The number of amides is 1. The Balaban J connectivity index is 1.74. The highest BCUT2D eigenvalue weighted by atomic mass is 32.2. The summed E-state index contributed by atoms with van der Waals surface area (Å²) in [4.78, 5) is 18.7. The van der Waals surface area contributed by atoms with Crippen molar-refractivity contribution in [3.05, 3.63) is 36.9 Å². The molecule has 1 aromatic heterocycles. The van der Waals surface area contributed by atoms with E-state index in [0.717, 1.165) is 16.2 Å². The molecule has 2 heterocycles. The summed E-state index contributed by atoms with van der Waals surface area (Å²) in [7, 11) is 0. The van der Waals surface area contributed by atoms with Gasteiger partial charge in [0.1, 0.15) is 0 Å². The summed E-state index contributed by atoms with van der Waals surface area (Å²) >= 11 is 1.49. The second-order valence-electron chi connectivity index (χ2n) is 5.06. The van der Waals surface area contributed by atoms with Crippen molar-refractivity contribution < 1.29 is 9.53 Å². The predicted octanol–water partition coefficient (Wildman–Crippen LogP) is 2.17. The zero-order valence-electron chi connectivity index (χ0n) is 12.4. The van der Waals surface area contributed by atoms with Crippen molar-refractivity contribution in [2.24, 2.45) is 0 Å². The van der Waals surface area contributed by atoms with Gasteiger partial charge in [0, 0.05) is 19.6 Å². The molecule has 116 valence electrons. The van der Waals surface area contributed by atoms with E-state index in [9.17, 15) is 4.79 Å². The van der Waals surface area contributed by atoms with Gasteiger partial charge in [0.15, 0.2) is 5.16 Å². The van der Waals surface area contributed by atoms with Gasteiger partial charge in [0.2, 0.25) is 5.91 Å². The summed E-state index contributed by atoms with van der Waals surface area (Å²) in [5.74, 6) is 0.547.